The van der Waals surface area contributed by atoms with Gasteiger partial charge in [-0.15, -0.1) is 0 Å². The van der Waals surface area contributed by atoms with Crippen LogP contribution in [-0.2, 0) is 22.6 Å². The van der Waals surface area contributed by atoms with Gasteiger partial charge in [0.1, 0.15) is 35.7 Å². The van der Waals surface area contributed by atoms with E-state index in [9.17, 15) is 4.79 Å². The first kappa shape index (κ1) is 19.9. The molecule has 0 radical (unpaired) electrons. The number of ether oxygens (including phenoxy) is 5. The molecular formula is C22H26O6. The maximum atomic E-state index is 12.1. The van der Waals surface area contributed by atoms with Gasteiger partial charge in [0.25, 0.3) is 0 Å². The van der Waals surface area contributed by atoms with E-state index < -0.39 is 0 Å². The van der Waals surface area contributed by atoms with Gasteiger partial charge in [0.15, 0.2) is 0 Å². The van der Waals surface area contributed by atoms with Crippen molar-refractivity contribution in [1.29, 1.82) is 0 Å². The molecule has 1 aliphatic heterocycles. The highest BCUT2D eigenvalue weighted by Gasteiger charge is 2.22. The van der Waals surface area contributed by atoms with Crippen LogP contribution in [0.25, 0.3) is 0 Å². The fraction of sp³-hybridized carbons (Fsp3) is 0.409. The van der Waals surface area contributed by atoms with Crippen LogP contribution in [0.3, 0.4) is 0 Å². The molecule has 0 amide bonds. The quantitative estimate of drug-likeness (QED) is 0.609. The lowest BCUT2D eigenvalue weighted by Gasteiger charge is -2.13. The second-order valence-corrected chi connectivity index (χ2v) is 6.57. The Morgan fingerprint density at radius 1 is 1.14 bits per heavy atom. The number of fused-ring (bicyclic) bond motifs is 1. The van der Waals surface area contributed by atoms with E-state index in [0.717, 1.165) is 34.8 Å². The molecule has 6 nitrogen and oxygen atoms in total. The van der Waals surface area contributed by atoms with Gasteiger partial charge in [-0.05, 0) is 50.2 Å². The van der Waals surface area contributed by atoms with Crippen LogP contribution in [0.4, 0.5) is 0 Å². The molecule has 0 fully saturated rings. The zero-order chi connectivity index (χ0) is 19.9. The summed E-state index contributed by atoms with van der Waals surface area (Å²) in [6, 6.07) is 11.1. The number of esters is 1. The molecule has 2 aromatic carbocycles. The Bertz CT molecular complexity index is 799. The van der Waals surface area contributed by atoms with Gasteiger partial charge in [0, 0.05) is 17.5 Å². The van der Waals surface area contributed by atoms with E-state index >= 15 is 0 Å². The largest absolute Gasteiger partial charge is 0.497 e. The van der Waals surface area contributed by atoms with Gasteiger partial charge in [-0.1, -0.05) is 0 Å². The number of hydrogen-bond acceptors (Lipinski definition) is 6. The Hall–Kier alpha value is -2.89. The van der Waals surface area contributed by atoms with Crippen molar-refractivity contribution in [2.45, 2.75) is 39.4 Å². The molecule has 2 aromatic rings. The van der Waals surface area contributed by atoms with Crippen molar-refractivity contribution in [3.63, 3.8) is 0 Å². The van der Waals surface area contributed by atoms with Crippen molar-refractivity contribution in [1.82, 2.24) is 0 Å². The smallest absolute Gasteiger partial charge is 0.309 e. The molecule has 3 rings (SSSR count). The molecule has 28 heavy (non-hydrogen) atoms. The van der Waals surface area contributed by atoms with Crippen molar-refractivity contribution in [2.24, 2.45) is 0 Å². The number of benzene rings is 2. The zero-order valence-corrected chi connectivity index (χ0v) is 16.5. The van der Waals surface area contributed by atoms with Crippen LogP contribution in [0.2, 0.25) is 0 Å². The Balaban J connectivity index is 1.50. The molecule has 0 saturated carbocycles. The van der Waals surface area contributed by atoms with Gasteiger partial charge in [0.05, 0.1) is 26.7 Å². The van der Waals surface area contributed by atoms with Crippen molar-refractivity contribution in [3.8, 4) is 23.0 Å². The minimum Gasteiger partial charge on any atom is -0.497 e. The number of hydrogen-bond donors (Lipinski definition) is 0. The maximum absolute atomic E-state index is 12.1. The number of methoxy groups -OCH3 is 1. The van der Waals surface area contributed by atoms with Crippen LogP contribution in [0.15, 0.2) is 36.4 Å². The van der Waals surface area contributed by atoms with E-state index in [0.29, 0.717) is 12.4 Å². The Kier molecular flexibility index (Phi) is 6.63. The molecule has 6 heteroatoms. The van der Waals surface area contributed by atoms with Crippen LogP contribution in [0.1, 0.15) is 31.4 Å². The lowest BCUT2D eigenvalue weighted by atomic mass is 10.1. The van der Waals surface area contributed by atoms with Gasteiger partial charge in [-0.25, -0.2) is 0 Å². The Morgan fingerprint density at radius 3 is 2.61 bits per heavy atom. The number of carbonyl (C=O) groups is 1. The van der Waals surface area contributed by atoms with E-state index in [4.69, 9.17) is 23.7 Å². The second-order valence-electron chi connectivity index (χ2n) is 6.57. The summed E-state index contributed by atoms with van der Waals surface area (Å²) in [5.41, 5.74) is 1.93. The fourth-order valence-corrected chi connectivity index (χ4v) is 3.04. The molecule has 0 saturated heterocycles. The SMILES string of the molecule is CCOc1cc2c(cc1COC(=O)CCOc1ccc(OC)cc1)OC(C)C2. The predicted molar refractivity (Wildman–Crippen MR) is 104 cm³/mol. The molecule has 0 N–H and O–H groups in total. The van der Waals surface area contributed by atoms with Crippen LogP contribution in [0.5, 0.6) is 23.0 Å². The molecular weight excluding hydrogens is 360 g/mol. The topological polar surface area (TPSA) is 63.2 Å². The minimum absolute atomic E-state index is 0.141. The highest BCUT2D eigenvalue weighted by atomic mass is 16.5. The summed E-state index contributed by atoms with van der Waals surface area (Å²) < 4.78 is 27.6. The van der Waals surface area contributed by atoms with Gasteiger partial charge in [0.2, 0.25) is 0 Å². The Labute approximate surface area is 165 Å². The van der Waals surface area contributed by atoms with Gasteiger partial charge in [-0.2, -0.15) is 0 Å². The van der Waals surface area contributed by atoms with Gasteiger partial charge < -0.3 is 23.7 Å². The maximum Gasteiger partial charge on any atom is 0.309 e. The summed E-state index contributed by atoms with van der Waals surface area (Å²) in [7, 11) is 1.61. The van der Waals surface area contributed by atoms with Crippen LogP contribution in [0, 0.1) is 0 Å². The first-order valence-corrected chi connectivity index (χ1v) is 9.46. The first-order valence-electron chi connectivity index (χ1n) is 9.46. The summed E-state index contributed by atoms with van der Waals surface area (Å²) in [4.78, 5) is 12.1. The first-order chi connectivity index (χ1) is 13.6. The average molecular weight is 386 g/mol. The highest BCUT2D eigenvalue weighted by Crippen LogP contribution is 2.35. The van der Waals surface area contributed by atoms with Crippen LogP contribution < -0.4 is 18.9 Å². The summed E-state index contributed by atoms with van der Waals surface area (Å²) in [5.74, 6) is 2.68. The molecule has 0 spiro atoms. The van der Waals surface area contributed by atoms with E-state index in [1.807, 2.05) is 26.0 Å². The molecule has 0 aromatic heterocycles. The van der Waals surface area contributed by atoms with Crippen LogP contribution >= 0.6 is 0 Å². The summed E-state index contributed by atoms with van der Waals surface area (Å²) in [5, 5.41) is 0. The lowest BCUT2D eigenvalue weighted by molar-refractivity contribution is -0.145. The second kappa shape index (κ2) is 9.35. The van der Waals surface area contributed by atoms with E-state index in [-0.39, 0.29) is 31.7 Å². The van der Waals surface area contributed by atoms with E-state index in [1.54, 1.807) is 31.4 Å². The molecule has 1 unspecified atom stereocenters. The monoisotopic (exact) mass is 386 g/mol. The van der Waals surface area contributed by atoms with E-state index in [2.05, 4.69) is 0 Å². The lowest BCUT2D eigenvalue weighted by Crippen LogP contribution is -2.10. The van der Waals surface area contributed by atoms with E-state index in [1.165, 1.54) is 0 Å². The molecule has 1 heterocycles. The highest BCUT2D eigenvalue weighted by molar-refractivity contribution is 5.69. The molecule has 0 aliphatic carbocycles. The third kappa shape index (κ3) is 5.09. The normalized spacial score (nSPS) is 14.8. The van der Waals surface area contributed by atoms with Crippen molar-refractivity contribution < 1.29 is 28.5 Å². The van der Waals surface area contributed by atoms with Gasteiger partial charge in [-0.3, -0.25) is 4.79 Å². The molecule has 0 bridgehead atoms. The summed E-state index contributed by atoms with van der Waals surface area (Å²) in [6.45, 7) is 4.89. The van der Waals surface area contributed by atoms with Crippen molar-refractivity contribution in [3.05, 3.63) is 47.5 Å². The third-order valence-electron chi connectivity index (χ3n) is 4.40. The minimum atomic E-state index is -0.328. The predicted octanol–water partition coefficient (Wildman–Crippen LogP) is 3.93. The summed E-state index contributed by atoms with van der Waals surface area (Å²) in [6.07, 6.45) is 1.17. The average Bonchev–Trinajstić information content (AvgIpc) is 3.05. The van der Waals surface area contributed by atoms with Crippen LogP contribution in [-0.4, -0.2) is 32.4 Å². The Morgan fingerprint density at radius 2 is 1.89 bits per heavy atom. The zero-order valence-electron chi connectivity index (χ0n) is 16.5. The fourth-order valence-electron chi connectivity index (χ4n) is 3.04. The van der Waals surface area contributed by atoms with Crippen molar-refractivity contribution >= 4 is 5.97 Å². The number of carbonyl (C=O) groups excluding carboxylic acids is 1. The standard InChI is InChI=1S/C22H26O6/c1-4-25-20-12-16-11-15(2)28-21(16)13-17(20)14-27-22(23)9-10-26-19-7-5-18(24-3)6-8-19/h5-8,12-13,15H,4,9-11,14H2,1-3H3. The third-order valence-corrected chi connectivity index (χ3v) is 4.40. The van der Waals surface area contributed by atoms with Gasteiger partial charge >= 0.3 is 5.97 Å². The molecule has 1 atom stereocenters. The van der Waals surface area contributed by atoms with Crippen molar-refractivity contribution in [2.75, 3.05) is 20.3 Å². The number of rotatable bonds is 9. The summed E-state index contributed by atoms with van der Waals surface area (Å²) >= 11 is 0. The molecule has 1 aliphatic rings. The molecule has 150 valence electrons.